The molecule has 0 aliphatic carbocycles. The van der Waals surface area contributed by atoms with Crippen molar-refractivity contribution < 1.29 is 9.84 Å². The topological polar surface area (TPSA) is 55.5 Å². The standard InChI is InChI=1S/C14H18INO2/c15-10-3-1-2-9(6-10)13(17)14(8-16)7-11-4-5-12(14)18-11/h1-3,6,11-13,17H,4-5,7-8,16H2. The predicted molar refractivity (Wildman–Crippen MR) is 78.1 cm³/mol. The van der Waals surface area contributed by atoms with E-state index < -0.39 is 6.10 Å². The Labute approximate surface area is 121 Å². The predicted octanol–water partition coefficient (Wildman–Crippen LogP) is 2.22. The number of hydrogen-bond donors (Lipinski definition) is 2. The lowest BCUT2D eigenvalue weighted by atomic mass is 9.68. The summed E-state index contributed by atoms with van der Waals surface area (Å²) in [4.78, 5) is 0. The van der Waals surface area contributed by atoms with Crippen LogP contribution in [0.5, 0.6) is 0 Å². The maximum absolute atomic E-state index is 10.8. The van der Waals surface area contributed by atoms with E-state index in [4.69, 9.17) is 10.5 Å². The minimum atomic E-state index is -0.521. The van der Waals surface area contributed by atoms with Crippen molar-refractivity contribution in [3.8, 4) is 0 Å². The van der Waals surface area contributed by atoms with Gasteiger partial charge in [0.15, 0.2) is 0 Å². The summed E-state index contributed by atoms with van der Waals surface area (Å²) >= 11 is 2.27. The van der Waals surface area contributed by atoms with Crippen molar-refractivity contribution >= 4 is 22.6 Å². The molecule has 2 fully saturated rings. The van der Waals surface area contributed by atoms with Crippen molar-refractivity contribution in [1.82, 2.24) is 0 Å². The van der Waals surface area contributed by atoms with Crippen LogP contribution in [0.25, 0.3) is 0 Å². The largest absolute Gasteiger partial charge is 0.388 e. The van der Waals surface area contributed by atoms with Crippen LogP contribution >= 0.6 is 22.6 Å². The van der Waals surface area contributed by atoms with Crippen molar-refractivity contribution in [3.05, 3.63) is 33.4 Å². The Morgan fingerprint density at radius 3 is 2.89 bits per heavy atom. The maximum Gasteiger partial charge on any atom is 0.0884 e. The molecule has 4 atom stereocenters. The minimum Gasteiger partial charge on any atom is -0.388 e. The van der Waals surface area contributed by atoms with Crippen LogP contribution in [0.2, 0.25) is 0 Å². The molecule has 2 aliphatic rings. The van der Waals surface area contributed by atoms with Gasteiger partial charge in [-0.25, -0.2) is 0 Å². The first-order valence-corrected chi connectivity index (χ1v) is 7.52. The van der Waals surface area contributed by atoms with Gasteiger partial charge >= 0.3 is 0 Å². The number of fused-ring (bicyclic) bond motifs is 2. The fourth-order valence-electron chi connectivity index (χ4n) is 3.46. The van der Waals surface area contributed by atoms with Crippen molar-refractivity contribution in [3.63, 3.8) is 0 Å². The molecule has 2 heterocycles. The summed E-state index contributed by atoms with van der Waals surface area (Å²) in [5.41, 5.74) is 6.67. The first-order chi connectivity index (χ1) is 8.65. The van der Waals surface area contributed by atoms with E-state index in [0.29, 0.717) is 12.6 Å². The number of hydrogen-bond acceptors (Lipinski definition) is 3. The fourth-order valence-corrected chi connectivity index (χ4v) is 4.02. The minimum absolute atomic E-state index is 0.125. The van der Waals surface area contributed by atoms with Crippen LogP contribution in [-0.4, -0.2) is 23.9 Å². The van der Waals surface area contributed by atoms with Gasteiger partial charge in [-0.1, -0.05) is 12.1 Å². The van der Waals surface area contributed by atoms with E-state index in [1.54, 1.807) is 0 Å². The zero-order chi connectivity index (χ0) is 12.8. The van der Waals surface area contributed by atoms with E-state index in [2.05, 4.69) is 22.6 Å². The zero-order valence-electron chi connectivity index (χ0n) is 10.2. The first kappa shape index (κ1) is 12.8. The van der Waals surface area contributed by atoms with Crippen molar-refractivity contribution in [2.45, 2.75) is 37.6 Å². The molecule has 0 aromatic heterocycles. The molecule has 1 aromatic carbocycles. The van der Waals surface area contributed by atoms with E-state index in [9.17, 15) is 5.11 Å². The molecule has 3 nitrogen and oxygen atoms in total. The van der Waals surface area contributed by atoms with E-state index in [1.165, 1.54) is 0 Å². The lowest BCUT2D eigenvalue weighted by molar-refractivity contribution is -0.0264. The van der Waals surface area contributed by atoms with Gasteiger partial charge in [0.05, 0.1) is 18.3 Å². The fraction of sp³-hybridized carbons (Fsp3) is 0.571. The first-order valence-electron chi connectivity index (χ1n) is 6.45. The van der Waals surface area contributed by atoms with Crippen molar-refractivity contribution in [1.29, 1.82) is 0 Å². The molecule has 2 aliphatic heterocycles. The van der Waals surface area contributed by atoms with Crippen LogP contribution in [0.3, 0.4) is 0 Å². The second kappa shape index (κ2) is 4.74. The molecule has 4 unspecified atom stereocenters. The third-order valence-electron chi connectivity index (χ3n) is 4.45. The van der Waals surface area contributed by atoms with Crippen LogP contribution in [0.4, 0.5) is 0 Å². The summed E-state index contributed by atoms with van der Waals surface area (Å²) in [6, 6.07) is 8.03. The average molecular weight is 359 g/mol. The maximum atomic E-state index is 10.8. The normalized spacial score (nSPS) is 35.9. The number of nitrogens with two attached hydrogens (primary N) is 1. The summed E-state index contributed by atoms with van der Waals surface area (Å²) in [5.74, 6) is 0. The van der Waals surface area contributed by atoms with Crippen LogP contribution in [0.1, 0.15) is 30.9 Å². The molecule has 4 heteroatoms. The van der Waals surface area contributed by atoms with Gasteiger partial charge in [-0.2, -0.15) is 0 Å². The molecule has 18 heavy (non-hydrogen) atoms. The highest BCUT2D eigenvalue weighted by Crippen LogP contribution is 2.53. The highest BCUT2D eigenvalue weighted by Gasteiger charge is 2.55. The number of benzene rings is 1. The number of ether oxygens (including phenoxy) is 1. The van der Waals surface area contributed by atoms with Crippen LogP contribution in [0.15, 0.2) is 24.3 Å². The van der Waals surface area contributed by atoms with E-state index in [0.717, 1.165) is 28.4 Å². The lowest BCUT2D eigenvalue weighted by Crippen LogP contribution is -2.44. The number of aliphatic hydroxyl groups excluding tert-OH is 1. The van der Waals surface area contributed by atoms with Gasteiger partial charge in [0.2, 0.25) is 0 Å². The molecule has 98 valence electrons. The molecule has 2 saturated heterocycles. The van der Waals surface area contributed by atoms with E-state index >= 15 is 0 Å². The Balaban J connectivity index is 1.93. The Kier molecular flexibility index (Phi) is 3.38. The second-order valence-corrected chi connectivity index (χ2v) is 6.67. The van der Waals surface area contributed by atoms with Gasteiger partial charge in [-0.15, -0.1) is 0 Å². The average Bonchev–Trinajstić information content (AvgIpc) is 2.98. The number of halogens is 1. The third kappa shape index (κ3) is 1.90. The summed E-state index contributed by atoms with van der Waals surface area (Å²) in [6.07, 6.45) is 2.94. The molecule has 3 rings (SSSR count). The SMILES string of the molecule is NCC1(C(O)c2cccc(I)c2)CC2CCC1O2. The highest BCUT2D eigenvalue weighted by molar-refractivity contribution is 14.1. The molecule has 3 N–H and O–H groups in total. The summed E-state index contributed by atoms with van der Waals surface area (Å²) in [7, 11) is 0. The molecule has 0 saturated carbocycles. The zero-order valence-corrected chi connectivity index (χ0v) is 12.3. The number of aliphatic hydroxyl groups is 1. The Bertz CT molecular complexity index is 453. The lowest BCUT2D eigenvalue weighted by Gasteiger charge is -2.38. The van der Waals surface area contributed by atoms with E-state index in [1.807, 2.05) is 24.3 Å². The van der Waals surface area contributed by atoms with Gasteiger partial charge < -0.3 is 15.6 Å². The van der Waals surface area contributed by atoms with Crippen LogP contribution in [-0.2, 0) is 4.74 Å². The monoisotopic (exact) mass is 359 g/mol. The quantitative estimate of drug-likeness (QED) is 0.814. The highest BCUT2D eigenvalue weighted by atomic mass is 127. The molecule has 0 spiro atoms. The molecule has 0 radical (unpaired) electrons. The van der Waals surface area contributed by atoms with Gasteiger partial charge in [0.25, 0.3) is 0 Å². The van der Waals surface area contributed by atoms with Gasteiger partial charge in [0, 0.05) is 15.5 Å². The van der Waals surface area contributed by atoms with Gasteiger partial charge in [0.1, 0.15) is 0 Å². The molecular weight excluding hydrogens is 341 g/mol. The molecule has 2 bridgehead atoms. The summed E-state index contributed by atoms with van der Waals surface area (Å²) < 4.78 is 7.05. The Morgan fingerprint density at radius 2 is 2.33 bits per heavy atom. The van der Waals surface area contributed by atoms with Gasteiger partial charge in [-0.05, 0) is 59.5 Å². The van der Waals surface area contributed by atoms with Crippen LogP contribution in [0, 0.1) is 8.99 Å². The summed E-state index contributed by atoms with van der Waals surface area (Å²) in [5, 5.41) is 10.8. The second-order valence-electron chi connectivity index (χ2n) is 5.42. The number of rotatable bonds is 3. The van der Waals surface area contributed by atoms with Crippen LogP contribution < -0.4 is 5.73 Å². The molecular formula is C14H18INO2. The van der Waals surface area contributed by atoms with Crippen molar-refractivity contribution in [2.75, 3.05) is 6.54 Å². The summed E-state index contributed by atoms with van der Waals surface area (Å²) in [6.45, 7) is 0.487. The van der Waals surface area contributed by atoms with E-state index in [-0.39, 0.29) is 11.5 Å². The molecule has 0 amide bonds. The third-order valence-corrected chi connectivity index (χ3v) is 5.12. The van der Waals surface area contributed by atoms with Crippen molar-refractivity contribution in [2.24, 2.45) is 11.1 Å². The molecule has 1 aromatic rings. The van der Waals surface area contributed by atoms with Gasteiger partial charge in [-0.3, -0.25) is 0 Å². The smallest absolute Gasteiger partial charge is 0.0884 e. The Morgan fingerprint density at radius 1 is 1.50 bits per heavy atom. The Hall–Kier alpha value is -0.170.